The van der Waals surface area contributed by atoms with Crippen LogP contribution in [0.5, 0.6) is 0 Å². The Morgan fingerprint density at radius 3 is 1.61 bits per heavy atom. The lowest BCUT2D eigenvalue weighted by molar-refractivity contribution is -0.145. The summed E-state index contributed by atoms with van der Waals surface area (Å²) in [7, 11) is 0. The number of allylic oxidation sites excluding steroid dienone is 11. The van der Waals surface area contributed by atoms with Gasteiger partial charge in [-0.05, 0) is 92.9 Å². The van der Waals surface area contributed by atoms with E-state index in [0.717, 1.165) is 104 Å². The van der Waals surface area contributed by atoms with Crippen LogP contribution in [0.1, 0.15) is 267 Å². The standard InChI is InChI=1S/C66H102N4O4/c1-8-11-13-15-17-19-21-23-25-27-29-31-33-35-37-51(38-36-34-32-30-28-26-24-22-20-18-16-14-12-9-2)46-74-63(73)40-39-53-48(5)58-42-56-49(6)55(45-71)61(68-56)43-57-47(4)52(10-3)60(67-57)44-59-50(7)64-62(72)41-54(65(53)69-58)66(64)70-59/h42-44,48,51,53,69,71-72H,8-41,45-46H2,1-7H3/t48-,53-/m0/s1. The first-order chi connectivity index (χ1) is 36.1. The molecule has 1 saturated heterocycles. The Morgan fingerprint density at radius 2 is 1.11 bits per heavy atom. The van der Waals surface area contributed by atoms with E-state index in [0.29, 0.717) is 37.5 Å². The summed E-state index contributed by atoms with van der Waals surface area (Å²) in [6.45, 7) is 15.5. The number of hydrogen-bond acceptors (Lipinski definition) is 8. The molecule has 0 unspecified atom stereocenters. The number of fused-ring (bicyclic) bond motifs is 5. The van der Waals surface area contributed by atoms with Crippen LogP contribution in [0.25, 0.3) is 0 Å². The molecule has 2 atom stereocenters. The van der Waals surface area contributed by atoms with Gasteiger partial charge in [-0.1, -0.05) is 207 Å². The molecule has 1 fully saturated rings. The molecule has 3 N–H and O–H groups in total. The molecule has 5 aliphatic heterocycles. The van der Waals surface area contributed by atoms with Crippen LogP contribution >= 0.6 is 0 Å². The summed E-state index contributed by atoms with van der Waals surface area (Å²) in [6, 6.07) is 0. The number of unbranched alkanes of at least 4 members (excludes halogenated alkanes) is 26. The van der Waals surface area contributed by atoms with Crippen molar-refractivity contribution >= 4 is 23.1 Å². The van der Waals surface area contributed by atoms with E-state index in [1.165, 1.54) is 180 Å². The summed E-state index contributed by atoms with van der Waals surface area (Å²) in [6.07, 6.45) is 48.8. The predicted octanol–water partition coefficient (Wildman–Crippen LogP) is 18.3. The Labute approximate surface area is 450 Å². The van der Waals surface area contributed by atoms with Gasteiger partial charge in [0, 0.05) is 52.8 Å². The van der Waals surface area contributed by atoms with Crippen molar-refractivity contribution in [3.8, 4) is 0 Å². The van der Waals surface area contributed by atoms with Crippen LogP contribution < -0.4 is 5.32 Å². The van der Waals surface area contributed by atoms with Crippen molar-refractivity contribution in [1.29, 1.82) is 0 Å². The smallest absolute Gasteiger partial charge is 0.305 e. The molecule has 410 valence electrons. The fraction of sp³-hybridized carbons (Fsp3) is 0.697. The van der Waals surface area contributed by atoms with Crippen molar-refractivity contribution in [2.75, 3.05) is 13.2 Å². The van der Waals surface area contributed by atoms with Gasteiger partial charge in [-0.2, -0.15) is 0 Å². The Bertz CT molecular complexity index is 2210. The number of aliphatic hydroxyl groups excluding tert-OH is 2. The van der Waals surface area contributed by atoms with Crippen molar-refractivity contribution in [3.05, 3.63) is 91.5 Å². The number of ether oxygens (including phenoxy) is 1. The zero-order valence-electron chi connectivity index (χ0n) is 48.0. The van der Waals surface area contributed by atoms with E-state index in [9.17, 15) is 15.0 Å². The molecule has 8 bridgehead atoms. The molecule has 0 amide bonds. The molecule has 0 saturated carbocycles. The third-order valence-corrected chi connectivity index (χ3v) is 17.4. The molecule has 0 aromatic carbocycles. The number of aliphatic imine (C=N–C) groups is 3. The molecule has 1 aliphatic carbocycles. The molecule has 0 aromatic heterocycles. The average molecular weight is 1020 g/mol. The number of aliphatic hydroxyl groups is 2. The van der Waals surface area contributed by atoms with Gasteiger partial charge < -0.3 is 20.3 Å². The molecule has 8 nitrogen and oxygen atoms in total. The fourth-order valence-electron chi connectivity index (χ4n) is 12.5. The van der Waals surface area contributed by atoms with Gasteiger partial charge in [0.1, 0.15) is 5.76 Å². The molecule has 6 rings (SSSR count). The minimum absolute atomic E-state index is 0.0172. The monoisotopic (exact) mass is 1010 g/mol. The highest BCUT2D eigenvalue weighted by Crippen LogP contribution is 2.46. The van der Waals surface area contributed by atoms with Crippen molar-refractivity contribution in [2.45, 2.75) is 267 Å². The number of carbonyl (C=O) groups is 1. The highest BCUT2D eigenvalue weighted by Gasteiger charge is 2.41. The third-order valence-electron chi connectivity index (χ3n) is 17.4. The Kier molecular flexibility index (Phi) is 25.5. The molecule has 0 spiro atoms. The van der Waals surface area contributed by atoms with Gasteiger partial charge in [0.25, 0.3) is 0 Å². The second-order valence-corrected chi connectivity index (χ2v) is 23.1. The Hall–Kier alpha value is -4.04. The van der Waals surface area contributed by atoms with E-state index in [4.69, 9.17) is 19.7 Å². The average Bonchev–Trinajstić information content (AvgIpc) is 4.16. The molecular weight excluding hydrogens is 913 g/mol. The third kappa shape index (κ3) is 17.0. The van der Waals surface area contributed by atoms with E-state index in [-0.39, 0.29) is 24.4 Å². The van der Waals surface area contributed by atoms with Crippen LogP contribution in [-0.2, 0) is 9.53 Å². The molecule has 0 radical (unpaired) electrons. The Balaban J connectivity index is 1.06. The van der Waals surface area contributed by atoms with E-state index in [1.54, 1.807) is 0 Å². The number of rotatable bonds is 37. The first-order valence-electron chi connectivity index (χ1n) is 30.8. The molecule has 8 heteroatoms. The largest absolute Gasteiger partial charge is 0.511 e. The second kappa shape index (κ2) is 31.9. The topological polar surface area (TPSA) is 116 Å². The van der Waals surface area contributed by atoms with Gasteiger partial charge in [0.15, 0.2) is 0 Å². The minimum Gasteiger partial charge on any atom is -0.511 e. The van der Waals surface area contributed by atoms with Gasteiger partial charge in [0.05, 0.1) is 47.4 Å². The molecular formula is C66H102N4O4. The first-order valence-corrected chi connectivity index (χ1v) is 30.8. The predicted molar refractivity (Wildman–Crippen MR) is 313 cm³/mol. The van der Waals surface area contributed by atoms with Crippen LogP contribution in [0.4, 0.5) is 0 Å². The van der Waals surface area contributed by atoms with Gasteiger partial charge in [0.2, 0.25) is 0 Å². The lowest BCUT2D eigenvalue weighted by Gasteiger charge is -2.19. The zero-order chi connectivity index (χ0) is 52.7. The van der Waals surface area contributed by atoms with Gasteiger partial charge in [-0.15, -0.1) is 0 Å². The van der Waals surface area contributed by atoms with Gasteiger partial charge in [-0.3, -0.25) is 4.79 Å². The molecule has 74 heavy (non-hydrogen) atoms. The highest BCUT2D eigenvalue weighted by atomic mass is 16.5. The van der Waals surface area contributed by atoms with Crippen LogP contribution in [0.2, 0.25) is 0 Å². The summed E-state index contributed by atoms with van der Waals surface area (Å²) in [5.74, 6) is 0.655. The number of esters is 1. The van der Waals surface area contributed by atoms with Crippen LogP contribution in [0.3, 0.4) is 0 Å². The van der Waals surface area contributed by atoms with Gasteiger partial charge in [-0.25, -0.2) is 15.0 Å². The lowest BCUT2D eigenvalue weighted by atomic mass is 9.86. The molecule has 6 aliphatic rings. The summed E-state index contributed by atoms with van der Waals surface area (Å²) in [5, 5.41) is 26.1. The van der Waals surface area contributed by atoms with E-state index in [1.807, 2.05) is 19.9 Å². The van der Waals surface area contributed by atoms with E-state index in [2.05, 4.69) is 52.1 Å². The summed E-state index contributed by atoms with van der Waals surface area (Å²) in [4.78, 5) is 29.3. The van der Waals surface area contributed by atoms with Crippen LogP contribution in [0, 0.1) is 17.8 Å². The van der Waals surface area contributed by atoms with Crippen LogP contribution in [0.15, 0.2) is 106 Å². The highest BCUT2D eigenvalue weighted by molar-refractivity contribution is 6.21. The number of nitrogens with one attached hydrogen (secondary N) is 1. The SMILES string of the molecule is CCCCCCCCCCCCCCCCC(CCCCCCCCCCCCCCCC)COC(=O)CC[C@@H]1C2=C3CC(O)=C4C3=NC(=C4C)C=C3N=C(C=C4N=C(C=C(N2)[C@H]1C)C(C)=C4CO)C(C)=C3CC. The molecule has 5 heterocycles. The minimum atomic E-state index is -0.118. The van der Waals surface area contributed by atoms with Crippen molar-refractivity contribution in [3.63, 3.8) is 0 Å². The van der Waals surface area contributed by atoms with Crippen molar-refractivity contribution < 1.29 is 19.7 Å². The fourth-order valence-corrected chi connectivity index (χ4v) is 12.5. The lowest BCUT2D eigenvalue weighted by Crippen LogP contribution is -2.18. The molecule has 0 aromatic rings. The maximum absolute atomic E-state index is 13.9. The number of carbonyl (C=O) groups excluding carboxylic acids is 1. The van der Waals surface area contributed by atoms with Crippen LogP contribution in [-0.4, -0.2) is 46.5 Å². The summed E-state index contributed by atoms with van der Waals surface area (Å²) >= 11 is 0. The normalized spacial score (nSPS) is 19.3. The summed E-state index contributed by atoms with van der Waals surface area (Å²) in [5.41, 5.74) is 13.7. The quantitative estimate of drug-likeness (QED) is 0.0423. The number of nitrogens with zero attached hydrogens (tertiary/aromatic N) is 3. The van der Waals surface area contributed by atoms with Gasteiger partial charge >= 0.3 is 5.97 Å². The van der Waals surface area contributed by atoms with E-state index < -0.39 is 0 Å². The van der Waals surface area contributed by atoms with Crippen molar-refractivity contribution in [1.82, 2.24) is 5.32 Å². The number of hydrogen-bond donors (Lipinski definition) is 3. The Morgan fingerprint density at radius 1 is 0.635 bits per heavy atom. The maximum atomic E-state index is 13.9. The van der Waals surface area contributed by atoms with E-state index >= 15 is 0 Å². The summed E-state index contributed by atoms with van der Waals surface area (Å²) < 4.78 is 6.25. The first kappa shape index (κ1) is 59.2. The maximum Gasteiger partial charge on any atom is 0.305 e. The second-order valence-electron chi connectivity index (χ2n) is 23.1. The zero-order valence-corrected chi connectivity index (χ0v) is 48.0. The van der Waals surface area contributed by atoms with Crippen molar-refractivity contribution in [2.24, 2.45) is 32.7 Å².